The van der Waals surface area contributed by atoms with Crippen LogP contribution in [0.25, 0.3) is 6.08 Å². The number of carboxylic acid groups (broad SMARTS) is 1. The van der Waals surface area contributed by atoms with Gasteiger partial charge in [0.05, 0.1) is 23.6 Å². The van der Waals surface area contributed by atoms with Gasteiger partial charge in [0.25, 0.3) is 5.91 Å². The molecule has 0 atom stereocenters. The minimum atomic E-state index is -0.909. The molecule has 3 rings (SSSR count). The largest absolute Gasteiger partial charge is 0.493 e. The summed E-state index contributed by atoms with van der Waals surface area (Å²) in [6, 6.07) is 13.2. The van der Waals surface area contributed by atoms with Gasteiger partial charge in [0.15, 0.2) is 5.17 Å². The Kier molecular flexibility index (Phi) is 6.16. The van der Waals surface area contributed by atoms with Gasteiger partial charge in [-0.3, -0.25) is 9.59 Å². The molecule has 2 aromatic carbocycles. The van der Waals surface area contributed by atoms with E-state index in [0.717, 1.165) is 22.4 Å². The average Bonchev–Trinajstić information content (AvgIpc) is 2.97. The van der Waals surface area contributed by atoms with Gasteiger partial charge in [0.1, 0.15) is 5.75 Å². The van der Waals surface area contributed by atoms with E-state index < -0.39 is 5.97 Å². The molecule has 1 saturated heterocycles. The number of carbonyl (C=O) groups excluding carboxylic acids is 1. The lowest BCUT2D eigenvalue weighted by Crippen LogP contribution is -2.19. The Morgan fingerprint density at radius 1 is 1.25 bits per heavy atom. The lowest BCUT2D eigenvalue weighted by Gasteiger charge is -2.05. The number of carboxylic acids is 1. The number of aliphatic carboxylic acids is 1. The molecule has 6 nitrogen and oxygen atoms in total. The summed E-state index contributed by atoms with van der Waals surface area (Å²) in [6.07, 6.45) is 1.69. The third kappa shape index (κ3) is 5.23. The molecule has 2 aromatic rings. The molecule has 0 bridgehead atoms. The predicted octanol–water partition coefficient (Wildman–Crippen LogP) is 4.05. The zero-order valence-corrected chi connectivity index (χ0v) is 16.4. The van der Waals surface area contributed by atoms with Crippen LogP contribution in [-0.4, -0.2) is 28.8 Å². The summed E-state index contributed by atoms with van der Waals surface area (Å²) >= 11 is 1.28. The van der Waals surface area contributed by atoms with Crippen LogP contribution >= 0.6 is 11.8 Å². The van der Waals surface area contributed by atoms with E-state index in [2.05, 4.69) is 10.3 Å². The molecule has 0 radical (unpaired) electrons. The molecule has 0 unspecified atom stereocenters. The second kappa shape index (κ2) is 8.75. The van der Waals surface area contributed by atoms with Crippen LogP contribution in [0.4, 0.5) is 5.69 Å². The number of nitrogens with one attached hydrogen (secondary N) is 1. The second-order valence-electron chi connectivity index (χ2n) is 6.34. The zero-order chi connectivity index (χ0) is 20.1. The summed E-state index contributed by atoms with van der Waals surface area (Å²) in [6.45, 7) is 4.07. The van der Waals surface area contributed by atoms with Crippen LogP contribution in [0.15, 0.2) is 52.4 Å². The van der Waals surface area contributed by atoms with E-state index in [1.54, 1.807) is 24.3 Å². The number of nitrogens with zero attached hydrogens (tertiary/aromatic N) is 1. The topological polar surface area (TPSA) is 88.0 Å². The maximum atomic E-state index is 12.3. The molecule has 0 spiro atoms. The molecule has 1 heterocycles. The number of amidine groups is 1. The van der Waals surface area contributed by atoms with E-state index in [0.29, 0.717) is 15.8 Å². The van der Waals surface area contributed by atoms with E-state index in [-0.39, 0.29) is 18.9 Å². The first-order valence-electron chi connectivity index (χ1n) is 8.72. The van der Waals surface area contributed by atoms with Crippen molar-refractivity contribution in [3.05, 3.63) is 64.1 Å². The van der Waals surface area contributed by atoms with Crippen molar-refractivity contribution in [1.82, 2.24) is 5.32 Å². The fraction of sp³-hybridized carbons (Fsp3) is 0.190. The molecule has 1 aliphatic heterocycles. The second-order valence-corrected chi connectivity index (χ2v) is 7.37. The number of aryl methyl sites for hydroxylation is 2. The molecule has 0 aliphatic carbocycles. The number of rotatable bonds is 6. The molecular formula is C21H20N2O4S. The Hall–Kier alpha value is -3.06. The van der Waals surface area contributed by atoms with E-state index >= 15 is 0 Å². The summed E-state index contributed by atoms with van der Waals surface area (Å²) in [5.41, 5.74) is 3.77. The van der Waals surface area contributed by atoms with Gasteiger partial charge < -0.3 is 15.2 Å². The van der Waals surface area contributed by atoms with Crippen molar-refractivity contribution in [3.8, 4) is 5.75 Å². The normalized spacial score (nSPS) is 16.4. The highest BCUT2D eigenvalue weighted by Crippen LogP contribution is 2.30. The molecule has 2 N–H and O–H groups in total. The summed E-state index contributed by atoms with van der Waals surface area (Å²) in [5, 5.41) is 12.0. The van der Waals surface area contributed by atoms with E-state index in [9.17, 15) is 9.59 Å². The third-order valence-corrected chi connectivity index (χ3v) is 4.89. The number of ether oxygens (including phenoxy) is 1. The first-order valence-corrected chi connectivity index (χ1v) is 9.54. The summed E-state index contributed by atoms with van der Waals surface area (Å²) in [4.78, 5) is 28.0. The van der Waals surface area contributed by atoms with Crippen molar-refractivity contribution in [2.45, 2.75) is 20.3 Å². The van der Waals surface area contributed by atoms with Crippen LogP contribution in [-0.2, 0) is 9.59 Å². The number of hydrogen-bond acceptors (Lipinski definition) is 5. The number of amides is 1. The van der Waals surface area contributed by atoms with Crippen LogP contribution < -0.4 is 10.1 Å². The van der Waals surface area contributed by atoms with Crippen molar-refractivity contribution in [2.24, 2.45) is 4.99 Å². The van der Waals surface area contributed by atoms with Crippen LogP contribution in [0.1, 0.15) is 23.1 Å². The molecule has 1 fully saturated rings. The van der Waals surface area contributed by atoms with E-state index in [1.165, 1.54) is 11.8 Å². The fourth-order valence-corrected chi connectivity index (χ4v) is 3.37. The number of aliphatic imine (C=N–C) groups is 1. The SMILES string of the molecule is Cc1ccc(C)c(N=C2NC(=O)/C(=C\c3cccc(OCCC(=O)O)c3)S2)c1. The minimum absolute atomic E-state index is 0.0677. The molecule has 0 saturated carbocycles. The van der Waals surface area contributed by atoms with Crippen LogP contribution in [0.2, 0.25) is 0 Å². The van der Waals surface area contributed by atoms with E-state index in [1.807, 2.05) is 38.1 Å². The molecule has 144 valence electrons. The first-order chi connectivity index (χ1) is 13.4. The average molecular weight is 396 g/mol. The number of thioether (sulfide) groups is 1. The van der Waals surface area contributed by atoms with Gasteiger partial charge in [-0.25, -0.2) is 4.99 Å². The molecule has 0 aromatic heterocycles. The predicted molar refractivity (Wildman–Crippen MR) is 111 cm³/mol. The van der Waals surface area contributed by atoms with Gasteiger partial charge >= 0.3 is 5.97 Å². The Labute approximate surface area is 167 Å². The Bertz CT molecular complexity index is 982. The van der Waals surface area contributed by atoms with Gasteiger partial charge in [0, 0.05) is 0 Å². The van der Waals surface area contributed by atoms with Gasteiger partial charge in [-0.1, -0.05) is 24.3 Å². The van der Waals surface area contributed by atoms with Crippen molar-refractivity contribution in [3.63, 3.8) is 0 Å². The Morgan fingerprint density at radius 2 is 2.07 bits per heavy atom. The zero-order valence-electron chi connectivity index (χ0n) is 15.6. The molecular weight excluding hydrogens is 376 g/mol. The Morgan fingerprint density at radius 3 is 2.86 bits per heavy atom. The monoisotopic (exact) mass is 396 g/mol. The molecule has 1 aliphatic rings. The summed E-state index contributed by atoms with van der Waals surface area (Å²) < 4.78 is 5.43. The van der Waals surface area contributed by atoms with Crippen LogP contribution in [0.5, 0.6) is 5.75 Å². The molecule has 7 heteroatoms. The highest BCUT2D eigenvalue weighted by molar-refractivity contribution is 8.18. The van der Waals surface area contributed by atoms with Gasteiger partial charge in [0.2, 0.25) is 0 Å². The smallest absolute Gasteiger partial charge is 0.306 e. The van der Waals surface area contributed by atoms with Gasteiger partial charge in [-0.15, -0.1) is 0 Å². The highest BCUT2D eigenvalue weighted by atomic mass is 32.2. The van der Waals surface area contributed by atoms with Crippen molar-refractivity contribution in [2.75, 3.05) is 6.61 Å². The first kappa shape index (κ1) is 19.7. The maximum absolute atomic E-state index is 12.3. The Balaban J connectivity index is 1.74. The quantitative estimate of drug-likeness (QED) is 0.719. The minimum Gasteiger partial charge on any atom is -0.493 e. The van der Waals surface area contributed by atoms with Gasteiger partial charge in [-0.2, -0.15) is 0 Å². The highest BCUT2D eigenvalue weighted by Gasteiger charge is 2.24. The maximum Gasteiger partial charge on any atom is 0.306 e. The lowest BCUT2D eigenvalue weighted by molar-refractivity contribution is -0.137. The van der Waals surface area contributed by atoms with Crippen molar-refractivity contribution in [1.29, 1.82) is 0 Å². The summed E-state index contributed by atoms with van der Waals surface area (Å²) in [7, 11) is 0. The number of benzene rings is 2. The fourth-order valence-electron chi connectivity index (χ4n) is 2.53. The molecule has 28 heavy (non-hydrogen) atoms. The summed E-state index contributed by atoms with van der Waals surface area (Å²) in [5.74, 6) is -0.553. The molecule has 1 amide bonds. The van der Waals surface area contributed by atoms with Crippen LogP contribution in [0, 0.1) is 13.8 Å². The van der Waals surface area contributed by atoms with Crippen LogP contribution in [0.3, 0.4) is 0 Å². The van der Waals surface area contributed by atoms with Gasteiger partial charge in [-0.05, 0) is 66.6 Å². The lowest BCUT2D eigenvalue weighted by atomic mass is 10.1. The van der Waals surface area contributed by atoms with Crippen molar-refractivity contribution >= 4 is 40.6 Å². The van der Waals surface area contributed by atoms with Crippen molar-refractivity contribution < 1.29 is 19.4 Å². The number of hydrogen-bond donors (Lipinski definition) is 2. The standard InChI is InChI=1S/C21H20N2O4S/c1-13-6-7-14(2)17(10-13)22-21-23-20(26)18(28-21)12-15-4-3-5-16(11-15)27-9-8-19(24)25/h3-7,10-12H,8-9H2,1-2H3,(H,24,25)(H,22,23,26)/b18-12+. The third-order valence-electron chi connectivity index (χ3n) is 3.98. The number of carbonyl (C=O) groups is 2. The van der Waals surface area contributed by atoms with E-state index in [4.69, 9.17) is 9.84 Å².